The number of fused-ring (bicyclic) bond motifs is 6. The van der Waals surface area contributed by atoms with Crippen molar-refractivity contribution in [1.29, 1.82) is 0 Å². The molecular formula is C41H48N6O3. The first-order chi connectivity index (χ1) is 24.1. The first-order valence-electron chi connectivity index (χ1n) is 17.9. The van der Waals surface area contributed by atoms with Crippen molar-refractivity contribution in [3.05, 3.63) is 65.4 Å². The number of terminal acetylenes is 1. The molecule has 260 valence electrons. The third kappa shape index (κ3) is 6.84. The second-order valence-corrected chi connectivity index (χ2v) is 13.6. The first-order valence-corrected chi connectivity index (χ1v) is 17.9. The largest absolute Gasteiger partial charge is 0.488 e. The molecule has 1 aliphatic rings. The molecule has 2 atom stereocenters. The van der Waals surface area contributed by atoms with Gasteiger partial charge in [-0.25, -0.2) is 9.97 Å². The summed E-state index contributed by atoms with van der Waals surface area (Å²) < 4.78 is 6.39. The Morgan fingerprint density at radius 3 is 2.28 bits per heavy atom. The Balaban J connectivity index is 1.28. The van der Waals surface area contributed by atoms with Gasteiger partial charge < -0.3 is 24.5 Å². The number of carbonyl (C=O) groups is 2. The van der Waals surface area contributed by atoms with E-state index in [1.165, 1.54) is 0 Å². The molecule has 2 amide bonds. The van der Waals surface area contributed by atoms with Crippen LogP contribution >= 0.6 is 0 Å². The summed E-state index contributed by atoms with van der Waals surface area (Å²) in [4.78, 5) is 46.4. The standard InChI is InChI=1S/C41H48N6O3/c1-8-12-26(6)47(39(49)14-10-3)22-36-42-27(7)40(44-36)29-15-17-31-30(19-29)24-50-35-21-32-28(20-33(31)35)16-18-34-41(32)45-37(43-34)23-46(25(5)11-4)38(48)13-9-2/h1,15-21,25-26H,9-14,22-24H2,2-7H3,(H,42,44)(H,43,45)/t25-,26-/m0/s1. The van der Waals surface area contributed by atoms with Crippen LogP contribution in [0.5, 0.6) is 5.75 Å². The number of imidazole rings is 2. The minimum Gasteiger partial charge on any atom is -0.488 e. The maximum Gasteiger partial charge on any atom is 0.223 e. The fourth-order valence-corrected chi connectivity index (χ4v) is 6.97. The third-order valence-electron chi connectivity index (χ3n) is 9.90. The molecule has 50 heavy (non-hydrogen) atoms. The number of hydrogen-bond acceptors (Lipinski definition) is 5. The van der Waals surface area contributed by atoms with Gasteiger partial charge in [0, 0.05) is 47.9 Å². The topological polar surface area (TPSA) is 107 Å². The van der Waals surface area contributed by atoms with E-state index in [1.807, 2.05) is 43.6 Å². The monoisotopic (exact) mass is 672 g/mol. The van der Waals surface area contributed by atoms with E-state index in [9.17, 15) is 9.59 Å². The van der Waals surface area contributed by atoms with E-state index in [1.54, 1.807) is 0 Å². The van der Waals surface area contributed by atoms with Crippen LogP contribution in [0.3, 0.4) is 0 Å². The molecule has 0 spiro atoms. The molecule has 5 aromatic rings. The molecule has 0 unspecified atom stereocenters. The molecule has 9 nitrogen and oxygen atoms in total. The highest BCUT2D eigenvalue weighted by Gasteiger charge is 2.24. The zero-order valence-corrected chi connectivity index (χ0v) is 30.2. The average molecular weight is 673 g/mol. The summed E-state index contributed by atoms with van der Waals surface area (Å²) >= 11 is 0. The van der Waals surface area contributed by atoms with Crippen molar-refractivity contribution >= 4 is 33.6 Å². The zero-order valence-electron chi connectivity index (χ0n) is 30.2. The van der Waals surface area contributed by atoms with Gasteiger partial charge in [0.15, 0.2) is 0 Å². The van der Waals surface area contributed by atoms with Gasteiger partial charge in [0.25, 0.3) is 0 Å². The molecule has 2 aromatic heterocycles. The molecule has 0 saturated carbocycles. The molecule has 9 heteroatoms. The minimum atomic E-state index is -0.0717. The van der Waals surface area contributed by atoms with Gasteiger partial charge in [0.1, 0.15) is 24.0 Å². The van der Waals surface area contributed by atoms with Crippen molar-refractivity contribution in [3.8, 4) is 40.5 Å². The van der Waals surface area contributed by atoms with Crippen LogP contribution in [0.15, 0.2) is 42.5 Å². The van der Waals surface area contributed by atoms with E-state index >= 15 is 0 Å². The number of rotatable bonds is 13. The van der Waals surface area contributed by atoms with Crippen LogP contribution < -0.4 is 4.74 Å². The lowest BCUT2D eigenvalue weighted by molar-refractivity contribution is -0.134. The molecule has 6 rings (SSSR count). The van der Waals surface area contributed by atoms with E-state index in [-0.39, 0.29) is 23.9 Å². The highest BCUT2D eigenvalue weighted by molar-refractivity contribution is 6.07. The maximum absolute atomic E-state index is 12.9. The first kappa shape index (κ1) is 34.8. The fourth-order valence-electron chi connectivity index (χ4n) is 6.97. The van der Waals surface area contributed by atoms with Crippen LogP contribution in [-0.4, -0.2) is 53.6 Å². The number of ether oxygens (including phenoxy) is 1. The van der Waals surface area contributed by atoms with Crippen molar-refractivity contribution in [3.63, 3.8) is 0 Å². The SMILES string of the molecule is C#CC[C@H](C)N(Cc1nc(C)c(-c2ccc3c(c2)COc2cc4c(ccc5nc(CN(C(=O)CCC)[C@@H](C)CC)[nH]c54)cc2-3)[nH]1)C(=O)CCC. The molecular weight excluding hydrogens is 624 g/mol. The molecule has 2 N–H and O–H groups in total. The molecule has 0 fully saturated rings. The molecule has 1 aliphatic heterocycles. The van der Waals surface area contributed by atoms with Crippen molar-refractivity contribution in [2.45, 2.75) is 112 Å². The van der Waals surface area contributed by atoms with Gasteiger partial charge in [-0.05, 0) is 80.8 Å². The van der Waals surface area contributed by atoms with Crippen LogP contribution in [0.1, 0.15) is 96.0 Å². The molecule has 0 saturated heterocycles. The Kier molecular flexibility index (Phi) is 10.3. The summed E-state index contributed by atoms with van der Waals surface area (Å²) in [7, 11) is 0. The Labute approximate surface area is 294 Å². The van der Waals surface area contributed by atoms with Gasteiger partial charge in [-0.3, -0.25) is 9.59 Å². The average Bonchev–Trinajstić information content (AvgIpc) is 3.70. The molecule has 0 bridgehead atoms. The summed E-state index contributed by atoms with van der Waals surface area (Å²) in [5.41, 5.74) is 7.93. The highest BCUT2D eigenvalue weighted by Crippen LogP contribution is 2.42. The van der Waals surface area contributed by atoms with E-state index in [4.69, 9.17) is 21.1 Å². The van der Waals surface area contributed by atoms with E-state index < -0.39 is 0 Å². The Hall–Kier alpha value is -5.10. The smallest absolute Gasteiger partial charge is 0.223 e. The molecule has 3 heterocycles. The number of H-pyrrole nitrogens is 2. The lowest BCUT2D eigenvalue weighted by atomic mass is 9.92. The lowest BCUT2D eigenvalue weighted by Gasteiger charge is -2.27. The van der Waals surface area contributed by atoms with Gasteiger partial charge >= 0.3 is 0 Å². The number of carbonyl (C=O) groups excluding carboxylic acids is 2. The van der Waals surface area contributed by atoms with Crippen LogP contribution in [-0.2, 0) is 29.3 Å². The van der Waals surface area contributed by atoms with Crippen LogP contribution in [0.2, 0.25) is 0 Å². The fraction of sp³-hybridized carbons (Fsp3) is 0.415. The highest BCUT2D eigenvalue weighted by atomic mass is 16.5. The third-order valence-corrected chi connectivity index (χ3v) is 9.90. The summed E-state index contributed by atoms with van der Waals surface area (Å²) in [6, 6.07) is 15.0. The van der Waals surface area contributed by atoms with Gasteiger partial charge in [-0.15, -0.1) is 12.3 Å². The number of aryl methyl sites for hydroxylation is 1. The number of amides is 2. The maximum atomic E-state index is 12.9. The second kappa shape index (κ2) is 14.8. The van der Waals surface area contributed by atoms with Crippen LogP contribution in [0.4, 0.5) is 0 Å². The van der Waals surface area contributed by atoms with Crippen LogP contribution in [0.25, 0.3) is 44.2 Å². The molecule has 0 aliphatic carbocycles. The number of aromatic nitrogens is 4. The van der Waals surface area contributed by atoms with Gasteiger partial charge in [-0.1, -0.05) is 39.0 Å². The quantitative estimate of drug-likeness (QED) is 0.122. The van der Waals surface area contributed by atoms with Crippen molar-refractivity contribution < 1.29 is 14.3 Å². The number of aromatic amines is 2. The van der Waals surface area contributed by atoms with Crippen molar-refractivity contribution in [2.24, 2.45) is 0 Å². The van der Waals surface area contributed by atoms with E-state index in [0.29, 0.717) is 39.0 Å². The number of nitrogens with one attached hydrogen (secondary N) is 2. The minimum absolute atomic E-state index is 0.0717. The van der Waals surface area contributed by atoms with Crippen molar-refractivity contribution in [1.82, 2.24) is 29.7 Å². The van der Waals surface area contributed by atoms with E-state index in [0.717, 1.165) is 92.1 Å². The van der Waals surface area contributed by atoms with Gasteiger partial charge in [0.2, 0.25) is 11.8 Å². The number of benzene rings is 3. The number of hydrogen-bond donors (Lipinski definition) is 2. The number of nitrogens with zero attached hydrogens (tertiary/aromatic N) is 4. The summed E-state index contributed by atoms with van der Waals surface area (Å²) in [6.07, 6.45) is 9.59. The Bertz CT molecular complexity index is 2090. The summed E-state index contributed by atoms with van der Waals surface area (Å²) in [5, 5.41) is 2.13. The van der Waals surface area contributed by atoms with Gasteiger partial charge in [0.05, 0.1) is 35.5 Å². The predicted octanol–water partition coefficient (Wildman–Crippen LogP) is 8.44. The zero-order chi connectivity index (χ0) is 35.5. The molecule has 0 radical (unpaired) electrons. The van der Waals surface area contributed by atoms with Crippen LogP contribution in [0, 0.1) is 19.3 Å². The Morgan fingerprint density at radius 2 is 1.60 bits per heavy atom. The normalized spacial score (nSPS) is 13.3. The predicted molar refractivity (Wildman–Crippen MR) is 199 cm³/mol. The second-order valence-electron chi connectivity index (χ2n) is 13.6. The summed E-state index contributed by atoms with van der Waals surface area (Å²) in [5.74, 6) is 5.30. The Morgan fingerprint density at radius 1 is 0.900 bits per heavy atom. The lowest BCUT2D eigenvalue weighted by Crippen LogP contribution is -2.38. The molecule has 3 aromatic carbocycles. The summed E-state index contributed by atoms with van der Waals surface area (Å²) in [6.45, 7) is 13.5. The van der Waals surface area contributed by atoms with Gasteiger partial charge in [-0.2, -0.15) is 0 Å². The van der Waals surface area contributed by atoms with Crippen molar-refractivity contribution in [2.75, 3.05) is 0 Å². The van der Waals surface area contributed by atoms with E-state index in [2.05, 4.69) is 66.1 Å².